The summed E-state index contributed by atoms with van der Waals surface area (Å²) in [6, 6.07) is 3.23. The van der Waals surface area contributed by atoms with E-state index in [4.69, 9.17) is 16.2 Å². The predicted octanol–water partition coefficient (Wildman–Crippen LogP) is 1.92. The molecule has 24 heavy (non-hydrogen) atoms. The SMILES string of the molecule is COc1cc(C(C)C)c(Nc2cnc(N)nc2N)cc1S(C)(=O)=O. The lowest BCUT2D eigenvalue weighted by molar-refractivity contribution is 0.402. The minimum absolute atomic E-state index is 0.0636. The highest BCUT2D eigenvalue weighted by atomic mass is 32.2. The van der Waals surface area contributed by atoms with Gasteiger partial charge in [-0.05, 0) is 23.6 Å². The maximum atomic E-state index is 12.0. The van der Waals surface area contributed by atoms with Crippen LogP contribution >= 0.6 is 0 Å². The first kappa shape index (κ1) is 17.8. The van der Waals surface area contributed by atoms with Gasteiger partial charge in [0.25, 0.3) is 0 Å². The van der Waals surface area contributed by atoms with Gasteiger partial charge < -0.3 is 21.5 Å². The van der Waals surface area contributed by atoms with Crippen LogP contribution in [-0.2, 0) is 9.84 Å². The average molecular weight is 351 g/mol. The fraction of sp³-hybridized carbons (Fsp3) is 0.333. The highest BCUT2D eigenvalue weighted by Crippen LogP contribution is 2.36. The minimum atomic E-state index is -3.47. The molecule has 1 heterocycles. The van der Waals surface area contributed by atoms with E-state index in [1.165, 1.54) is 19.4 Å². The van der Waals surface area contributed by atoms with Crippen molar-refractivity contribution in [1.82, 2.24) is 9.97 Å². The van der Waals surface area contributed by atoms with E-state index in [-0.39, 0.29) is 22.6 Å². The molecule has 9 heteroatoms. The summed E-state index contributed by atoms with van der Waals surface area (Å²) in [7, 11) is -2.03. The second-order valence-corrected chi connectivity index (χ2v) is 7.65. The molecule has 2 rings (SSSR count). The summed E-state index contributed by atoms with van der Waals surface area (Å²) in [5.74, 6) is 0.654. The number of nitrogens with two attached hydrogens (primary N) is 2. The summed E-state index contributed by atoms with van der Waals surface area (Å²) < 4.78 is 29.3. The van der Waals surface area contributed by atoms with Crippen LogP contribution in [0.25, 0.3) is 0 Å². The first-order chi connectivity index (χ1) is 11.1. The highest BCUT2D eigenvalue weighted by Gasteiger charge is 2.20. The van der Waals surface area contributed by atoms with Crippen molar-refractivity contribution in [1.29, 1.82) is 0 Å². The van der Waals surface area contributed by atoms with Crippen molar-refractivity contribution in [2.24, 2.45) is 0 Å². The van der Waals surface area contributed by atoms with Crippen molar-refractivity contribution in [3.8, 4) is 5.75 Å². The number of benzene rings is 1. The molecule has 0 aliphatic heterocycles. The summed E-state index contributed by atoms with van der Waals surface area (Å²) in [6.07, 6.45) is 2.58. The molecule has 0 saturated heterocycles. The first-order valence-electron chi connectivity index (χ1n) is 7.20. The van der Waals surface area contributed by atoms with Crippen LogP contribution in [0.2, 0.25) is 0 Å². The second-order valence-electron chi connectivity index (χ2n) is 5.67. The van der Waals surface area contributed by atoms with Crippen LogP contribution in [0.1, 0.15) is 25.3 Å². The summed E-state index contributed by atoms with van der Waals surface area (Å²) in [5.41, 5.74) is 13.2. The van der Waals surface area contributed by atoms with Crippen LogP contribution in [0.5, 0.6) is 5.75 Å². The fourth-order valence-electron chi connectivity index (χ4n) is 2.26. The van der Waals surface area contributed by atoms with E-state index >= 15 is 0 Å². The third-order valence-electron chi connectivity index (χ3n) is 3.46. The van der Waals surface area contributed by atoms with Gasteiger partial charge in [0.15, 0.2) is 15.7 Å². The standard InChI is InChI=1S/C15H21N5O3S/c1-8(2)9-5-12(23-3)13(24(4,21)22)6-10(9)19-11-7-18-15(17)20-14(11)16/h5-8,19H,1-4H3,(H4,16,17,18,20). The number of ether oxygens (including phenoxy) is 1. The molecule has 0 saturated carbocycles. The Morgan fingerprint density at radius 2 is 1.88 bits per heavy atom. The molecule has 0 aliphatic rings. The molecule has 0 amide bonds. The molecule has 5 N–H and O–H groups in total. The maximum Gasteiger partial charge on any atom is 0.222 e. The van der Waals surface area contributed by atoms with Gasteiger partial charge in [0.2, 0.25) is 5.95 Å². The first-order valence-corrected chi connectivity index (χ1v) is 9.09. The molecular weight excluding hydrogens is 330 g/mol. The van der Waals surface area contributed by atoms with Gasteiger partial charge in [-0.25, -0.2) is 13.4 Å². The molecule has 0 spiro atoms. The molecule has 8 nitrogen and oxygen atoms in total. The van der Waals surface area contributed by atoms with Gasteiger partial charge >= 0.3 is 0 Å². The third kappa shape index (κ3) is 3.67. The lowest BCUT2D eigenvalue weighted by Crippen LogP contribution is -2.08. The van der Waals surface area contributed by atoms with Crippen LogP contribution in [0.4, 0.5) is 23.1 Å². The molecule has 0 atom stereocenters. The monoisotopic (exact) mass is 351 g/mol. The molecule has 0 fully saturated rings. The Balaban J connectivity index is 2.62. The molecule has 0 bridgehead atoms. The predicted molar refractivity (Wildman–Crippen MR) is 94.3 cm³/mol. The van der Waals surface area contributed by atoms with E-state index in [0.29, 0.717) is 17.1 Å². The number of nitrogens with one attached hydrogen (secondary N) is 1. The third-order valence-corrected chi connectivity index (χ3v) is 4.58. The van der Waals surface area contributed by atoms with Crippen molar-refractivity contribution >= 4 is 33.0 Å². The van der Waals surface area contributed by atoms with Gasteiger partial charge in [-0.15, -0.1) is 0 Å². The number of hydrogen-bond acceptors (Lipinski definition) is 8. The van der Waals surface area contributed by atoms with E-state index in [9.17, 15) is 8.42 Å². The van der Waals surface area contributed by atoms with Crippen LogP contribution < -0.4 is 21.5 Å². The topological polar surface area (TPSA) is 133 Å². The van der Waals surface area contributed by atoms with Crippen LogP contribution in [0, 0.1) is 0 Å². The van der Waals surface area contributed by atoms with Gasteiger partial charge in [0, 0.05) is 11.9 Å². The Hall–Kier alpha value is -2.55. The number of sulfone groups is 1. The smallest absolute Gasteiger partial charge is 0.222 e. The lowest BCUT2D eigenvalue weighted by Gasteiger charge is -2.19. The zero-order valence-corrected chi connectivity index (χ0v) is 14.8. The van der Waals surface area contributed by atoms with Gasteiger partial charge in [-0.2, -0.15) is 4.98 Å². The zero-order valence-electron chi connectivity index (χ0n) is 14.0. The van der Waals surface area contributed by atoms with E-state index in [1.54, 1.807) is 6.07 Å². The van der Waals surface area contributed by atoms with Gasteiger partial charge in [0.05, 0.1) is 13.3 Å². The van der Waals surface area contributed by atoms with Crippen molar-refractivity contribution in [2.75, 3.05) is 30.1 Å². The van der Waals surface area contributed by atoms with Crippen LogP contribution in [0.15, 0.2) is 23.2 Å². The summed E-state index contributed by atoms with van der Waals surface area (Å²) in [6.45, 7) is 3.98. The number of aromatic nitrogens is 2. The number of nitrogens with zero attached hydrogens (tertiary/aromatic N) is 2. The van der Waals surface area contributed by atoms with Gasteiger partial charge in [-0.3, -0.25) is 0 Å². The van der Waals surface area contributed by atoms with Crippen LogP contribution in [0.3, 0.4) is 0 Å². The Morgan fingerprint density at radius 3 is 2.38 bits per heavy atom. The van der Waals surface area contributed by atoms with Gasteiger partial charge in [-0.1, -0.05) is 13.8 Å². The Morgan fingerprint density at radius 1 is 1.21 bits per heavy atom. The normalized spacial score (nSPS) is 11.5. The maximum absolute atomic E-state index is 12.0. The second kappa shape index (κ2) is 6.52. The van der Waals surface area contributed by atoms with Crippen LogP contribution in [-0.4, -0.2) is 31.8 Å². The highest BCUT2D eigenvalue weighted by molar-refractivity contribution is 7.90. The van der Waals surface area contributed by atoms with Crippen molar-refractivity contribution in [3.63, 3.8) is 0 Å². The number of anilines is 4. The zero-order chi connectivity index (χ0) is 18.1. The number of hydrogen-bond donors (Lipinski definition) is 3. The quantitative estimate of drug-likeness (QED) is 0.744. The summed E-state index contributed by atoms with van der Waals surface area (Å²) in [4.78, 5) is 7.87. The molecule has 0 unspecified atom stereocenters. The van der Waals surface area contributed by atoms with E-state index in [2.05, 4.69) is 15.3 Å². The summed E-state index contributed by atoms with van der Waals surface area (Å²) in [5, 5.41) is 3.09. The number of rotatable bonds is 5. The fourth-order valence-corrected chi connectivity index (χ4v) is 3.10. The van der Waals surface area contributed by atoms with E-state index in [1.807, 2.05) is 13.8 Å². The minimum Gasteiger partial charge on any atom is -0.495 e. The molecular formula is C15H21N5O3S. The Labute approximate surface area is 141 Å². The molecule has 0 radical (unpaired) electrons. The molecule has 1 aromatic heterocycles. The lowest BCUT2D eigenvalue weighted by atomic mass is 10.0. The molecule has 2 aromatic rings. The summed E-state index contributed by atoms with van der Waals surface area (Å²) >= 11 is 0. The van der Waals surface area contributed by atoms with Gasteiger partial charge in [0.1, 0.15) is 16.3 Å². The van der Waals surface area contributed by atoms with E-state index in [0.717, 1.165) is 11.8 Å². The van der Waals surface area contributed by atoms with Crippen molar-refractivity contribution < 1.29 is 13.2 Å². The van der Waals surface area contributed by atoms with Crippen molar-refractivity contribution in [3.05, 3.63) is 23.9 Å². The number of methoxy groups -OCH3 is 1. The Bertz CT molecular complexity index is 866. The largest absolute Gasteiger partial charge is 0.495 e. The molecule has 1 aromatic carbocycles. The van der Waals surface area contributed by atoms with E-state index < -0.39 is 9.84 Å². The molecule has 130 valence electrons. The number of nitrogen functional groups attached to an aromatic ring is 2. The molecule has 0 aliphatic carbocycles. The Kier molecular flexibility index (Phi) is 4.83. The average Bonchev–Trinajstić information content (AvgIpc) is 2.48. The van der Waals surface area contributed by atoms with Crippen molar-refractivity contribution in [2.45, 2.75) is 24.7 Å².